The highest BCUT2D eigenvalue weighted by Crippen LogP contribution is 2.46. The summed E-state index contributed by atoms with van der Waals surface area (Å²) in [5.41, 5.74) is 3.23. The van der Waals surface area contributed by atoms with Crippen molar-refractivity contribution in [1.29, 1.82) is 0 Å². The number of aliphatic hydroxyl groups is 1. The maximum atomic E-state index is 11.6. The second kappa shape index (κ2) is 13.3. The lowest BCUT2D eigenvalue weighted by Crippen LogP contribution is -2.23. The zero-order valence-corrected chi connectivity index (χ0v) is 23.0. The molecule has 0 bridgehead atoms. The standard InChI is InChI=1S/C30H29N3O8/c1-6-27(34)41-28(35)15-40-26-12-18(21-9-7-19(36-2)13-24(21)38-4)11-23(29(26)30-32-16-31-17-33-30)22-10-8-20(37-3)14-25(22)39-5/h6-14,16-17,28,35H,1,15H2,2-5H3. The molecule has 11 nitrogen and oxygen atoms in total. The number of hydrogen-bond acceptors (Lipinski definition) is 11. The molecule has 1 unspecified atom stereocenters. The molecule has 1 aromatic heterocycles. The van der Waals surface area contributed by atoms with Crippen LogP contribution in [0.25, 0.3) is 33.6 Å². The number of benzene rings is 3. The number of ether oxygens (including phenoxy) is 6. The molecule has 4 rings (SSSR count). The molecule has 1 N–H and O–H groups in total. The fourth-order valence-corrected chi connectivity index (χ4v) is 4.13. The third-order valence-electron chi connectivity index (χ3n) is 6.04. The minimum atomic E-state index is -1.56. The number of esters is 1. The van der Waals surface area contributed by atoms with Crippen molar-refractivity contribution in [2.45, 2.75) is 6.29 Å². The number of methoxy groups -OCH3 is 4. The molecule has 212 valence electrons. The molecule has 0 spiro atoms. The molecule has 1 atom stereocenters. The van der Waals surface area contributed by atoms with Crippen LogP contribution in [0, 0.1) is 0 Å². The molecule has 3 aromatic carbocycles. The molecule has 0 amide bonds. The maximum absolute atomic E-state index is 11.6. The summed E-state index contributed by atoms with van der Waals surface area (Å²) in [5.74, 6) is 2.08. The van der Waals surface area contributed by atoms with Crippen molar-refractivity contribution in [2.75, 3.05) is 35.0 Å². The summed E-state index contributed by atoms with van der Waals surface area (Å²) >= 11 is 0. The van der Waals surface area contributed by atoms with Crippen molar-refractivity contribution in [3.05, 3.63) is 73.8 Å². The Morgan fingerprint density at radius 1 is 0.829 bits per heavy atom. The van der Waals surface area contributed by atoms with E-state index in [1.54, 1.807) is 52.7 Å². The predicted molar refractivity (Wildman–Crippen MR) is 150 cm³/mol. The monoisotopic (exact) mass is 559 g/mol. The van der Waals surface area contributed by atoms with Crippen LogP contribution in [0.15, 0.2) is 73.8 Å². The first-order chi connectivity index (χ1) is 19.9. The molecule has 1 heterocycles. The molecule has 0 aliphatic carbocycles. The highest BCUT2D eigenvalue weighted by molar-refractivity contribution is 5.92. The molecule has 4 aromatic rings. The van der Waals surface area contributed by atoms with Gasteiger partial charge in [-0.15, -0.1) is 0 Å². The van der Waals surface area contributed by atoms with Gasteiger partial charge in [0.1, 0.15) is 41.4 Å². The fourth-order valence-electron chi connectivity index (χ4n) is 4.13. The Balaban J connectivity index is 1.99. The summed E-state index contributed by atoms with van der Waals surface area (Å²) in [6.45, 7) is 2.95. The van der Waals surface area contributed by atoms with Gasteiger partial charge in [-0.2, -0.15) is 0 Å². The molecule has 0 aliphatic rings. The van der Waals surface area contributed by atoms with E-state index in [0.717, 1.165) is 11.6 Å². The molecule has 0 fully saturated rings. The highest BCUT2D eigenvalue weighted by atomic mass is 16.7. The number of carbonyl (C=O) groups excluding carboxylic acids is 1. The van der Waals surface area contributed by atoms with Gasteiger partial charge in [0.05, 0.1) is 34.0 Å². The number of nitrogens with zero attached hydrogens (tertiary/aromatic N) is 3. The second-order valence-corrected chi connectivity index (χ2v) is 8.40. The minimum absolute atomic E-state index is 0.285. The Morgan fingerprint density at radius 3 is 2.02 bits per heavy atom. The van der Waals surface area contributed by atoms with E-state index in [0.29, 0.717) is 51.1 Å². The number of rotatable bonds is 12. The summed E-state index contributed by atoms with van der Waals surface area (Å²) in [4.78, 5) is 24.3. The van der Waals surface area contributed by atoms with E-state index in [1.807, 2.05) is 24.3 Å². The van der Waals surface area contributed by atoms with Gasteiger partial charge in [-0.1, -0.05) is 6.58 Å². The van der Waals surface area contributed by atoms with Crippen molar-refractivity contribution in [2.24, 2.45) is 0 Å². The summed E-state index contributed by atoms with van der Waals surface area (Å²) in [5, 5.41) is 10.3. The normalized spacial score (nSPS) is 11.2. The van der Waals surface area contributed by atoms with Gasteiger partial charge in [0.2, 0.25) is 6.29 Å². The van der Waals surface area contributed by atoms with Gasteiger partial charge in [0, 0.05) is 34.9 Å². The molecule has 0 saturated heterocycles. The van der Waals surface area contributed by atoms with Crippen molar-refractivity contribution in [3.63, 3.8) is 0 Å². The molecule has 41 heavy (non-hydrogen) atoms. The van der Waals surface area contributed by atoms with Crippen molar-refractivity contribution in [3.8, 4) is 62.4 Å². The van der Waals surface area contributed by atoms with Crippen molar-refractivity contribution in [1.82, 2.24) is 15.0 Å². The Bertz CT molecular complexity index is 1530. The van der Waals surface area contributed by atoms with Gasteiger partial charge in [-0.25, -0.2) is 19.7 Å². The zero-order valence-electron chi connectivity index (χ0n) is 23.0. The number of aliphatic hydroxyl groups excluding tert-OH is 1. The Kier molecular flexibility index (Phi) is 9.33. The van der Waals surface area contributed by atoms with E-state index in [9.17, 15) is 9.90 Å². The second-order valence-electron chi connectivity index (χ2n) is 8.40. The third-order valence-corrected chi connectivity index (χ3v) is 6.04. The van der Waals surface area contributed by atoms with Crippen LogP contribution in [0.5, 0.6) is 28.7 Å². The number of hydrogen-bond donors (Lipinski definition) is 1. The summed E-state index contributed by atoms with van der Waals surface area (Å²) in [6, 6.07) is 14.5. The van der Waals surface area contributed by atoms with Gasteiger partial charge in [-0.05, 0) is 42.0 Å². The van der Waals surface area contributed by atoms with Gasteiger partial charge < -0.3 is 33.5 Å². The molecular weight excluding hydrogens is 530 g/mol. The molecule has 0 saturated carbocycles. The van der Waals surface area contributed by atoms with E-state index in [-0.39, 0.29) is 12.4 Å². The third kappa shape index (κ3) is 6.53. The predicted octanol–water partition coefficient (Wildman–Crippen LogP) is 4.33. The zero-order chi connectivity index (χ0) is 29.4. The van der Waals surface area contributed by atoms with Crippen LogP contribution in [0.3, 0.4) is 0 Å². The van der Waals surface area contributed by atoms with Crippen LogP contribution in [0.4, 0.5) is 0 Å². The van der Waals surface area contributed by atoms with Crippen LogP contribution < -0.4 is 23.7 Å². The molecule has 11 heteroatoms. The van der Waals surface area contributed by atoms with E-state index in [1.165, 1.54) is 12.7 Å². The first-order valence-corrected chi connectivity index (χ1v) is 12.3. The fraction of sp³-hybridized carbons (Fsp3) is 0.200. The van der Waals surface area contributed by atoms with E-state index < -0.39 is 12.3 Å². The van der Waals surface area contributed by atoms with E-state index in [4.69, 9.17) is 28.4 Å². The summed E-state index contributed by atoms with van der Waals surface area (Å²) in [7, 11) is 6.26. The van der Waals surface area contributed by atoms with Crippen LogP contribution in [-0.4, -0.2) is 67.4 Å². The minimum Gasteiger partial charge on any atom is -0.497 e. The largest absolute Gasteiger partial charge is 0.497 e. The number of aromatic nitrogens is 3. The van der Waals surface area contributed by atoms with Crippen LogP contribution >= 0.6 is 0 Å². The first-order valence-electron chi connectivity index (χ1n) is 12.3. The van der Waals surface area contributed by atoms with Crippen molar-refractivity contribution >= 4 is 5.97 Å². The SMILES string of the molecule is C=CC(=O)OC(O)COc1cc(-c2ccc(OC)cc2OC)cc(-c2ccc(OC)cc2OC)c1-c1ncncn1. The highest BCUT2D eigenvalue weighted by Gasteiger charge is 2.23. The van der Waals surface area contributed by atoms with Gasteiger partial charge in [0.15, 0.2) is 12.4 Å². The van der Waals surface area contributed by atoms with E-state index >= 15 is 0 Å². The summed E-state index contributed by atoms with van der Waals surface area (Å²) < 4.78 is 33.1. The molecule has 0 aliphatic heterocycles. The lowest BCUT2D eigenvalue weighted by Gasteiger charge is -2.21. The van der Waals surface area contributed by atoms with E-state index in [2.05, 4.69) is 21.5 Å². The van der Waals surface area contributed by atoms with Crippen LogP contribution in [0.1, 0.15) is 0 Å². The lowest BCUT2D eigenvalue weighted by atomic mass is 9.92. The molecule has 0 radical (unpaired) electrons. The molecular formula is C30H29N3O8. The topological polar surface area (TPSA) is 131 Å². The maximum Gasteiger partial charge on any atom is 0.332 e. The Hall–Kier alpha value is -5.16. The van der Waals surface area contributed by atoms with Gasteiger partial charge in [0.25, 0.3) is 0 Å². The number of carbonyl (C=O) groups is 1. The van der Waals surface area contributed by atoms with Crippen LogP contribution in [0.2, 0.25) is 0 Å². The van der Waals surface area contributed by atoms with Gasteiger partial charge in [-0.3, -0.25) is 0 Å². The first kappa shape index (κ1) is 28.8. The Morgan fingerprint density at radius 2 is 1.44 bits per heavy atom. The van der Waals surface area contributed by atoms with Crippen molar-refractivity contribution < 1.29 is 38.3 Å². The lowest BCUT2D eigenvalue weighted by molar-refractivity contribution is -0.166. The Labute approximate surface area is 236 Å². The van der Waals surface area contributed by atoms with Crippen LogP contribution in [-0.2, 0) is 9.53 Å². The quantitative estimate of drug-likeness (QED) is 0.151. The summed E-state index contributed by atoms with van der Waals surface area (Å²) in [6.07, 6.45) is 2.11. The average Bonchev–Trinajstić information content (AvgIpc) is 3.02. The average molecular weight is 560 g/mol. The smallest absolute Gasteiger partial charge is 0.332 e. The van der Waals surface area contributed by atoms with Gasteiger partial charge >= 0.3 is 5.97 Å².